The fourth-order valence-electron chi connectivity index (χ4n) is 1.85. The van der Waals surface area contributed by atoms with Gasteiger partial charge in [-0.2, -0.15) is 0 Å². The highest BCUT2D eigenvalue weighted by Gasteiger charge is 2.15. The number of allylic oxidation sites excluding steroid dienone is 4. The third-order valence-corrected chi connectivity index (χ3v) is 2.80. The molecule has 90 valence electrons. The van der Waals surface area contributed by atoms with E-state index >= 15 is 0 Å². The Labute approximate surface area is 99.3 Å². The van der Waals surface area contributed by atoms with Crippen LogP contribution in [0.5, 0.6) is 0 Å². The van der Waals surface area contributed by atoms with E-state index in [0.29, 0.717) is 6.10 Å². The first-order chi connectivity index (χ1) is 7.72. The summed E-state index contributed by atoms with van der Waals surface area (Å²) in [6.07, 6.45) is 11.7. The molecule has 2 heteroatoms. The molecule has 0 saturated carbocycles. The molecule has 0 aromatic heterocycles. The van der Waals surface area contributed by atoms with Crippen LogP contribution in [-0.4, -0.2) is 31.1 Å². The van der Waals surface area contributed by atoms with Gasteiger partial charge < -0.3 is 9.64 Å². The van der Waals surface area contributed by atoms with Crippen molar-refractivity contribution in [3.8, 4) is 0 Å². The van der Waals surface area contributed by atoms with Gasteiger partial charge in [-0.15, -0.1) is 0 Å². The summed E-state index contributed by atoms with van der Waals surface area (Å²) in [6, 6.07) is 0. The third-order valence-electron chi connectivity index (χ3n) is 2.80. The molecule has 0 bridgehead atoms. The van der Waals surface area contributed by atoms with E-state index in [2.05, 4.69) is 18.5 Å². The fourth-order valence-corrected chi connectivity index (χ4v) is 1.85. The second-order valence-corrected chi connectivity index (χ2v) is 4.33. The minimum atomic E-state index is 0.340. The van der Waals surface area contributed by atoms with Gasteiger partial charge in [-0.3, -0.25) is 0 Å². The number of rotatable bonds is 4. The molecule has 0 spiro atoms. The summed E-state index contributed by atoms with van der Waals surface area (Å²) in [5, 5.41) is 0. The second-order valence-electron chi connectivity index (χ2n) is 4.33. The lowest BCUT2D eigenvalue weighted by molar-refractivity contribution is 0.112. The summed E-state index contributed by atoms with van der Waals surface area (Å²) in [4.78, 5) is 2.36. The van der Waals surface area contributed by atoms with Gasteiger partial charge in [-0.25, -0.2) is 0 Å². The standard InChI is InChI=1S/C14H23NO/c1-4-5-6-8-13(2)16-14-9-7-11-15(3)12-10-14/h4-6,8,14H,2,7,9-12H2,1,3H3/b5-4-,8-6-. The molecule has 1 unspecified atom stereocenters. The maximum atomic E-state index is 5.82. The zero-order chi connectivity index (χ0) is 11.8. The number of likely N-dealkylation sites (tertiary alicyclic amines) is 1. The molecule has 1 heterocycles. The smallest absolute Gasteiger partial charge is 0.112 e. The molecule has 2 nitrogen and oxygen atoms in total. The van der Waals surface area contributed by atoms with Gasteiger partial charge in [0, 0.05) is 6.54 Å². The van der Waals surface area contributed by atoms with Gasteiger partial charge in [0.05, 0.1) is 6.10 Å². The quantitative estimate of drug-likeness (QED) is 0.534. The highest BCUT2D eigenvalue weighted by molar-refractivity contribution is 5.14. The molecule has 1 fully saturated rings. The Balaban J connectivity index is 2.32. The van der Waals surface area contributed by atoms with E-state index in [1.54, 1.807) is 0 Å². The van der Waals surface area contributed by atoms with Gasteiger partial charge in [0.15, 0.2) is 0 Å². The van der Waals surface area contributed by atoms with Crippen molar-refractivity contribution in [3.63, 3.8) is 0 Å². The van der Waals surface area contributed by atoms with E-state index in [1.807, 2.05) is 31.2 Å². The lowest BCUT2D eigenvalue weighted by Gasteiger charge is -2.17. The number of nitrogens with zero attached hydrogens (tertiary/aromatic N) is 1. The molecule has 0 aromatic carbocycles. The first kappa shape index (κ1) is 13.0. The van der Waals surface area contributed by atoms with Crippen LogP contribution in [0.25, 0.3) is 0 Å². The molecule has 1 saturated heterocycles. The molecule has 0 amide bonds. The van der Waals surface area contributed by atoms with Crippen LogP contribution in [-0.2, 0) is 4.74 Å². The Morgan fingerprint density at radius 1 is 1.31 bits per heavy atom. The van der Waals surface area contributed by atoms with E-state index in [4.69, 9.17) is 4.74 Å². The molecular formula is C14H23NO. The van der Waals surface area contributed by atoms with E-state index in [9.17, 15) is 0 Å². The minimum Gasteiger partial charge on any atom is -0.491 e. The number of ether oxygens (including phenoxy) is 1. The van der Waals surface area contributed by atoms with Crippen molar-refractivity contribution >= 4 is 0 Å². The molecule has 1 rings (SSSR count). The molecular weight excluding hydrogens is 198 g/mol. The van der Waals surface area contributed by atoms with Crippen molar-refractivity contribution in [1.29, 1.82) is 0 Å². The summed E-state index contributed by atoms with van der Waals surface area (Å²) in [5.74, 6) is 0.771. The average molecular weight is 221 g/mol. The van der Waals surface area contributed by atoms with Gasteiger partial charge in [0.2, 0.25) is 0 Å². The van der Waals surface area contributed by atoms with Gasteiger partial charge in [-0.1, -0.05) is 24.8 Å². The molecule has 0 radical (unpaired) electrons. The SMILES string of the molecule is C=C(/C=C\C=C/C)OC1CCCN(C)CC1. The first-order valence-corrected chi connectivity index (χ1v) is 6.06. The van der Waals surface area contributed by atoms with Crippen LogP contribution < -0.4 is 0 Å². The number of hydrogen-bond donors (Lipinski definition) is 0. The van der Waals surface area contributed by atoms with Crippen molar-refractivity contribution in [2.24, 2.45) is 0 Å². The van der Waals surface area contributed by atoms with Crippen LogP contribution in [0.1, 0.15) is 26.2 Å². The Morgan fingerprint density at radius 2 is 2.12 bits per heavy atom. The molecule has 0 aliphatic carbocycles. The largest absolute Gasteiger partial charge is 0.491 e. The Bertz CT molecular complexity index is 268. The zero-order valence-electron chi connectivity index (χ0n) is 10.5. The Morgan fingerprint density at radius 3 is 2.88 bits per heavy atom. The summed E-state index contributed by atoms with van der Waals surface area (Å²) >= 11 is 0. The highest BCUT2D eigenvalue weighted by Crippen LogP contribution is 2.16. The summed E-state index contributed by atoms with van der Waals surface area (Å²) < 4.78 is 5.82. The molecule has 1 aliphatic rings. The third kappa shape index (κ3) is 5.17. The summed E-state index contributed by atoms with van der Waals surface area (Å²) in [5.41, 5.74) is 0. The van der Waals surface area contributed by atoms with Crippen LogP contribution in [0.4, 0.5) is 0 Å². The van der Waals surface area contributed by atoms with E-state index < -0.39 is 0 Å². The molecule has 0 N–H and O–H groups in total. The molecule has 0 aromatic rings. The van der Waals surface area contributed by atoms with Crippen LogP contribution in [0.3, 0.4) is 0 Å². The molecule has 1 aliphatic heterocycles. The van der Waals surface area contributed by atoms with Crippen LogP contribution in [0.15, 0.2) is 36.6 Å². The highest BCUT2D eigenvalue weighted by atomic mass is 16.5. The van der Waals surface area contributed by atoms with Gasteiger partial charge in [0.25, 0.3) is 0 Å². The fraction of sp³-hybridized carbons (Fsp3) is 0.571. The van der Waals surface area contributed by atoms with Gasteiger partial charge in [-0.05, 0) is 45.9 Å². The zero-order valence-corrected chi connectivity index (χ0v) is 10.5. The van der Waals surface area contributed by atoms with Crippen molar-refractivity contribution < 1.29 is 4.74 Å². The van der Waals surface area contributed by atoms with Crippen molar-refractivity contribution in [2.45, 2.75) is 32.3 Å². The monoisotopic (exact) mass is 221 g/mol. The second kappa shape index (κ2) is 7.29. The predicted octanol–water partition coefficient (Wildman–Crippen LogP) is 3.13. The minimum absolute atomic E-state index is 0.340. The Kier molecular flexibility index (Phi) is 5.94. The van der Waals surface area contributed by atoms with Gasteiger partial charge >= 0.3 is 0 Å². The summed E-state index contributed by atoms with van der Waals surface area (Å²) in [6.45, 7) is 8.21. The van der Waals surface area contributed by atoms with Crippen LogP contribution >= 0.6 is 0 Å². The summed E-state index contributed by atoms with van der Waals surface area (Å²) in [7, 11) is 2.17. The lowest BCUT2D eigenvalue weighted by atomic mass is 10.1. The first-order valence-electron chi connectivity index (χ1n) is 6.06. The van der Waals surface area contributed by atoms with Crippen molar-refractivity contribution in [1.82, 2.24) is 4.90 Å². The van der Waals surface area contributed by atoms with Crippen molar-refractivity contribution in [3.05, 3.63) is 36.6 Å². The topological polar surface area (TPSA) is 12.5 Å². The predicted molar refractivity (Wildman–Crippen MR) is 69.3 cm³/mol. The van der Waals surface area contributed by atoms with Crippen LogP contribution in [0, 0.1) is 0 Å². The van der Waals surface area contributed by atoms with Gasteiger partial charge in [0.1, 0.15) is 5.76 Å². The van der Waals surface area contributed by atoms with Crippen LogP contribution in [0.2, 0.25) is 0 Å². The number of hydrogen-bond acceptors (Lipinski definition) is 2. The van der Waals surface area contributed by atoms with Crippen molar-refractivity contribution in [2.75, 3.05) is 20.1 Å². The van der Waals surface area contributed by atoms with E-state index in [1.165, 1.54) is 13.0 Å². The van der Waals surface area contributed by atoms with E-state index in [-0.39, 0.29) is 0 Å². The normalized spacial score (nSPS) is 23.8. The Hall–Kier alpha value is -1.02. The maximum absolute atomic E-state index is 5.82. The van der Waals surface area contributed by atoms with E-state index in [0.717, 1.165) is 25.1 Å². The molecule has 1 atom stereocenters. The average Bonchev–Trinajstić information content (AvgIpc) is 2.44. The maximum Gasteiger partial charge on any atom is 0.112 e. The molecule has 16 heavy (non-hydrogen) atoms. The lowest BCUT2D eigenvalue weighted by Crippen LogP contribution is -2.20.